The molecule has 5 heteroatoms. The molecular weight excluding hydrogens is 206 g/mol. The Morgan fingerprint density at radius 2 is 1.94 bits per heavy atom. The third kappa shape index (κ3) is 2.14. The number of aromatic nitrogens is 3. The predicted molar refractivity (Wildman–Crippen MR) is 59.7 cm³/mol. The topological polar surface area (TPSA) is 78.9 Å². The van der Waals surface area contributed by atoms with Gasteiger partial charge >= 0.3 is 0 Å². The van der Waals surface area contributed by atoms with Crippen LogP contribution < -0.4 is 5.56 Å². The molecule has 0 spiro atoms. The summed E-state index contributed by atoms with van der Waals surface area (Å²) in [5.74, 6) is -0.379. The second-order valence-electron chi connectivity index (χ2n) is 3.12. The molecule has 0 aliphatic rings. The Labute approximate surface area is 91.1 Å². The van der Waals surface area contributed by atoms with Gasteiger partial charge in [0, 0.05) is 0 Å². The number of rotatable bonds is 2. The molecule has 0 atom stereocenters. The molecule has 1 aromatic heterocycles. The number of benzene rings is 1. The van der Waals surface area contributed by atoms with Gasteiger partial charge in [0.15, 0.2) is 0 Å². The first-order valence-corrected chi connectivity index (χ1v) is 4.65. The molecule has 0 bridgehead atoms. The summed E-state index contributed by atoms with van der Waals surface area (Å²) in [4.78, 5) is 11.3. The lowest BCUT2D eigenvalue weighted by atomic mass is 10.2. The molecule has 0 aliphatic heterocycles. The Bertz CT molecular complexity index is 561. The monoisotopic (exact) mass is 215 g/mol. The summed E-state index contributed by atoms with van der Waals surface area (Å²) in [6.45, 7) is 0. The zero-order valence-corrected chi connectivity index (χ0v) is 8.29. The fraction of sp³-hybridized carbons (Fsp3) is 0. The molecule has 16 heavy (non-hydrogen) atoms. The normalized spacial score (nSPS) is 10.8. The molecule has 0 aliphatic carbocycles. The molecule has 80 valence electrons. The van der Waals surface area contributed by atoms with Gasteiger partial charge in [0.05, 0.1) is 0 Å². The van der Waals surface area contributed by atoms with E-state index in [-0.39, 0.29) is 11.4 Å². The highest BCUT2D eigenvalue weighted by atomic mass is 16.3. The molecule has 2 aromatic rings. The average molecular weight is 215 g/mol. The SMILES string of the molecule is O=c1[nH]nnc(O)c1C=Cc1ccccc1. The summed E-state index contributed by atoms with van der Waals surface area (Å²) >= 11 is 0. The minimum absolute atomic E-state index is 0.0962. The van der Waals surface area contributed by atoms with E-state index in [0.29, 0.717) is 0 Å². The summed E-state index contributed by atoms with van der Waals surface area (Å²) in [6, 6.07) is 9.44. The number of hydrogen-bond donors (Lipinski definition) is 2. The van der Waals surface area contributed by atoms with E-state index in [1.54, 1.807) is 6.08 Å². The van der Waals surface area contributed by atoms with E-state index in [1.165, 1.54) is 6.08 Å². The molecule has 0 amide bonds. The molecule has 2 N–H and O–H groups in total. The highest BCUT2D eigenvalue weighted by Gasteiger charge is 2.03. The van der Waals surface area contributed by atoms with Crippen LogP contribution >= 0.6 is 0 Å². The van der Waals surface area contributed by atoms with Gasteiger partial charge in [-0.2, -0.15) is 0 Å². The van der Waals surface area contributed by atoms with Crippen molar-refractivity contribution in [2.24, 2.45) is 0 Å². The Morgan fingerprint density at radius 3 is 2.62 bits per heavy atom. The van der Waals surface area contributed by atoms with Crippen LogP contribution in [0.5, 0.6) is 5.88 Å². The van der Waals surface area contributed by atoms with E-state index < -0.39 is 5.56 Å². The molecule has 0 saturated heterocycles. The van der Waals surface area contributed by atoms with Crippen LogP contribution in [-0.2, 0) is 0 Å². The molecule has 0 unspecified atom stereocenters. The van der Waals surface area contributed by atoms with E-state index in [0.717, 1.165) is 5.56 Å². The first kappa shape index (κ1) is 10.1. The van der Waals surface area contributed by atoms with E-state index in [1.807, 2.05) is 30.3 Å². The molecule has 0 saturated carbocycles. The van der Waals surface area contributed by atoms with Crippen LogP contribution in [0.4, 0.5) is 0 Å². The van der Waals surface area contributed by atoms with Gasteiger partial charge in [-0.15, -0.1) is 0 Å². The lowest BCUT2D eigenvalue weighted by Gasteiger charge is -1.94. The molecule has 0 radical (unpaired) electrons. The highest BCUT2D eigenvalue weighted by Crippen LogP contribution is 2.10. The Morgan fingerprint density at radius 1 is 1.19 bits per heavy atom. The van der Waals surface area contributed by atoms with Crippen LogP contribution in [0.25, 0.3) is 12.2 Å². The van der Waals surface area contributed by atoms with E-state index in [2.05, 4.69) is 15.4 Å². The van der Waals surface area contributed by atoms with Crippen molar-refractivity contribution in [1.82, 2.24) is 15.4 Å². The van der Waals surface area contributed by atoms with Crippen LogP contribution in [0, 0.1) is 0 Å². The molecule has 1 heterocycles. The molecular formula is C11H9N3O2. The number of aromatic amines is 1. The van der Waals surface area contributed by atoms with Gasteiger partial charge < -0.3 is 5.11 Å². The quantitative estimate of drug-likeness (QED) is 0.784. The van der Waals surface area contributed by atoms with Crippen LogP contribution in [0.15, 0.2) is 35.1 Å². The van der Waals surface area contributed by atoms with Gasteiger partial charge in [0.2, 0.25) is 5.88 Å². The van der Waals surface area contributed by atoms with Crippen LogP contribution in [-0.4, -0.2) is 20.5 Å². The average Bonchev–Trinajstić information content (AvgIpc) is 2.30. The van der Waals surface area contributed by atoms with Gasteiger partial charge in [0.1, 0.15) is 5.56 Å². The Kier molecular flexibility index (Phi) is 2.77. The van der Waals surface area contributed by atoms with Crippen LogP contribution in [0.3, 0.4) is 0 Å². The first-order chi connectivity index (χ1) is 7.77. The van der Waals surface area contributed by atoms with Crippen molar-refractivity contribution in [3.05, 3.63) is 51.8 Å². The second-order valence-corrected chi connectivity index (χ2v) is 3.12. The predicted octanol–water partition coefficient (Wildman–Crippen LogP) is 1.04. The standard InChI is InChI=1S/C11H9N3O2/c15-10-9(11(16)13-14-12-10)7-6-8-4-2-1-3-5-8/h1-7H,(H2,12,13,15,16). The third-order valence-corrected chi connectivity index (χ3v) is 2.02. The molecule has 5 nitrogen and oxygen atoms in total. The fourth-order valence-corrected chi connectivity index (χ4v) is 1.23. The van der Waals surface area contributed by atoms with Gasteiger partial charge in [-0.1, -0.05) is 46.7 Å². The lowest BCUT2D eigenvalue weighted by molar-refractivity contribution is 0.437. The van der Waals surface area contributed by atoms with Gasteiger partial charge in [-0.25, -0.2) is 5.10 Å². The van der Waals surface area contributed by atoms with Crippen molar-refractivity contribution in [3.63, 3.8) is 0 Å². The van der Waals surface area contributed by atoms with Crippen LogP contribution in [0.1, 0.15) is 11.1 Å². The lowest BCUT2D eigenvalue weighted by Crippen LogP contribution is -2.12. The van der Waals surface area contributed by atoms with Crippen molar-refractivity contribution in [2.75, 3.05) is 0 Å². The smallest absolute Gasteiger partial charge is 0.278 e. The summed E-state index contributed by atoms with van der Waals surface area (Å²) in [5.41, 5.74) is 0.552. The third-order valence-electron chi connectivity index (χ3n) is 2.02. The number of aromatic hydroxyl groups is 1. The maximum absolute atomic E-state index is 11.3. The van der Waals surface area contributed by atoms with Crippen molar-refractivity contribution in [2.45, 2.75) is 0 Å². The largest absolute Gasteiger partial charge is 0.492 e. The van der Waals surface area contributed by atoms with Crippen molar-refractivity contribution < 1.29 is 5.11 Å². The second kappa shape index (κ2) is 4.39. The van der Waals surface area contributed by atoms with Gasteiger partial charge in [-0.05, 0) is 11.6 Å². The fourth-order valence-electron chi connectivity index (χ4n) is 1.23. The van der Waals surface area contributed by atoms with Crippen molar-refractivity contribution >= 4 is 12.2 Å². The molecule has 2 rings (SSSR count). The van der Waals surface area contributed by atoms with E-state index >= 15 is 0 Å². The van der Waals surface area contributed by atoms with Gasteiger partial charge in [0.25, 0.3) is 5.56 Å². The number of nitrogens with one attached hydrogen (secondary N) is 1. The van der Waals surface area contributed by atoms with E-state index in [4.69, 9.17) is 0 Å². The highest BCUT2D eigenvalue weighted by molar-refractivity contribution is 5.70. The molecule has 0 fully saturated rings. The minimum Gasteiger partial charge on any atom is -0.492 e. The first-order valence-electron chi connectivity index (χ1n) is 4.65. The maximum Gasteiger partial charge on any atom is 0.278 e. The summed E-state index contributed by atoms with van der Waals surface area (Å²) < 4.78 is 0. The zero-order chi connectivity index (χ0) is 11.4. The van der Waals surface area contributed by atoms with E-state index in [9.17, 15) is 9.90 Å². The van der Waals surface area contributed by atoms with Crippen molar-refractivity contribution in [3.8, 4) is 5.88 Å². The minimum atomic E-state index is -0.473. The van der Waals surface area contributed by atoms with Crippen LogP contribution in [0.2, 0.25) is 0 Å². The molecule has 1 aromatic carbocycles. The summed E-state index contributed by atoms with van der Waals surface area (Å²) in [6.07, 6.45) is 3.21. The number of H-pyrrole nitrogens is 1. The van der Waals surface area contributed by atoms with Crippen molar-refractivity contribution in [1.29, 1.82) is 0 Å². The Hall–Kier alpha value is -2.43. The zero-order valence-electron chi connectivity index (χ0n) is 8.29. The summed E-state index contributed by atoms with van der Waals surface area (Å²) in [5, 5.41) is 18.1. The number of nitrogens with zero attached hydrogens (tertiary/aromatic N) is 2. The number of hydrogen-bond acceptors (Lipinski definition) is 4. The Balaban J connectivity index is 2.35. The van der Waals surface area contributed by atoms with Gasteiger partial charge in [-0.3, -0.25) is 4.79 Å². The maximum atomic E-state index is 11.3. The summed E-state index contributed by atoms with van der Waals surface area (Å²) in [7, 11) is 0.